The van der Waals surface area contributed by atoms with E-state index in [4.69, 9.17) is 0 Å². The molecule has 124 valence electrons. The molecule has 0 rings (SSSR count). The van der Waals surface area contributed by atoms with Crippen molar-refractivity contribution in [3.63, 3.8) is 0 Å². The molecule has 0 aliphatic heterocycles. The molecule has 1 atom stereocenters. The Balaban J connectivity index is 3.98. The standard InChI is InChI=1S/C15H28O4S2/c1-2-3-4-5-6-7-8-10-15(12-14-21(18)19)11-9-13-20(16)17/h13-15H,2-12H2,1H3. The van der Waals surface area contributed by atoms with Crippen molar-refractivity contribution in [2.45, 2.75) is 77.6 Å². The van der Waals surface area contributed by atoms with Gasteiger partial charge < -0.3 is 0 Å². The predicted octanol–water partition coefficient (Wildman–Crippen LogP) is 3.28. The second-order valence-electron chi connectivity index (χ2n) is 5.44. The van der Waals surface area contributed by atoms with Crippen molar-refractivity contribution in [2.75, 3.05) is 0 Å². The third-order valence-electron chi connectivity index (χ3n) is 3.61. The first-order valence-corrected chi connectivity index (χ1v) is 10.2. The van der Waals surface area contributed by atoms with Gasteiger partial charge in [-0.25, -0.2) is 0 Å². The minimum absolute atomic E-state index is 0.262. The zero-order valence-corrected chi connectivity index (χ0v) is 14.6. The average Bonchev–Trinajstić information content (AvgIpc) is 2.42. The molecule has 0 aliphatic carbocycles. The van der Waals surface area contributed by atoms with E-state index in [2.05, 4.69) is 6.92 Å². The van der Waals surface area contributed by atoms with Gasteiger partial charge >= 0.3 is 0 Å². The van der Waals surface area contributed by atoms with Crippen LogP contribution in [0, 0.1) is 5.92 Å². The van der Waals surface area contributed by atoms with Gasteiger partial charge in [0.05, 0.1) is 0 Å². The molecule has 0 saturated heterocycles. The lowest BCUT2D eigenvalue weighted by Gasteiger charge is -2.12. The van der Waals surface area contributed by atoms with Crippen LogP contribution in [0.3, 0.4) is 0 Å². The highest BCUT2D eigenvalue weighted by atomic mass is 32.2. The van der Waals surface area contributed by atoms with Gasteiger partial charge in [0, 0.05) is 10.7 Å². The highest BCUT2D eigenvalue weighted by Gasteiger charge is 2.07. The van der Waals surface area contributed by atoms with Crippen LogP contribution in [-0.4, -0.2) is 27.6 Å². The second-order valence-corrected chi connectivity index (χ2v) is 7.15. The smallest absolute Gasteiger partial charge is 0.185 e. The maximum atomic E-state index is 10.6. The van der Waals surface area contributed by atoms with Gasteiger partial charge in [0.25, 0.3) is 0 Å². The summed E-state index contributed by atoms with van der Waals surface area (Å²) in [5.41, 5.74) is 0. The first-order valence-electron chi connectivity index (χ1n) is 7.89. The lowest BCUT2D eigenvalue weighted by Crippen LogP contribution is -2.02. The number of hydrogen-bond acceptors (Lipinski definition) is 4. The van der Waals surface area contributed by atoms with Gasteiger partial charge in [-0.1, -0.05) is 58.3 Å². The summed E-state index contributed by atoms with van der Waals surface area (Å²) in [4.78, 5) is 0. The summed E-state index contributed by atoms with van der Waals surface area (Å²) in [5, 5.41) is 2.55. The zero-order valence-electron chi connectivity index (χ0n) is 13.0. The van der Waals surface area contributed by atoms with Gasteiger partial charge in [0.15, 0.2) is 0 Å². The molecule has 0 aliphatic rings. The van der Waals surface area contributed by atoms with Gasteiger partial charge in [-0.3, -0.25) is 0 Å². The predicted molar refractivity (Wildman–Crippen MR) is 89.9 cm³/mol. The molecule has 1 unspecified atom stereocenters. The topological polar surface area (TPSA) is 68.3 Å². The number of rotatable bonds is 13. The van der Waals surface area contributed by atoms with E-state index >= 15 is 0 Å². The van der Waals surface area contributed by atoms with Gasteiger partial charge in [-0.2, -0.15) is 16.8 Å². The van der Waals surface area contributed by atoms with E-state index in [1.54, 1.807) is 0 Å². The van der Waals surface area contributed by atoms with Crippen LogP contribution in [0.25, 0.3) is 0 Å². The van der Waals surface area contributed by atoms with E-state index in [9.17, 15) is 16.8 Å². The molecule has 0 aromatic rings. The summed E-state index contributed by atoms with van der Waals surface area (Å²) in [7, 11) is -4.23. The normalized spacial score (nSPS) is 11.9. The van der Waals surface area contributed by atoms with E-state index in [1.807, 2.05) is 0 Å². The van der Waals surface area contributed by atoms with Gasteiger partial charge in [-0.15, -0.1) is 0 Å². The lowest BCUT2D eigenvalue weighted by molar-refractivity contribution is 0.446. The molecule has 0 aromatic heterocycles. The van der Waals surface area contributed by atoms with Crippen LogP contribution in [0.4, 0.5) is 0 Å². The average molecular weight is 337 g/mol. The fourth-order valence-electron chi connectivity index (χ4n) is 2.38. The Morgan fingerprint density at radius 1 is 0.762 bits per heavy atom. The van der Waals surface area contributed by atoms with Crippen LogP contribution < -0.4 is 0 Å². The molecular weight excluding hydrogens is 308 g/mol. The lowest BCUT2D eigenvalue weighted by atomic mass is 9.94. The van der Waals surface area contributed by atoms with Gasteiger partial charge in [-0.05, 0) is 25.2 Å². The van der Waals surface area contributed by atoms with Crippen LogP contribution in [0.5, 0.6) is 0 Å². The van der Waals surface area contributed by atoms with Gasteiger partial charge in [0.2, 0.25) is 20.6 Å². The Labute approximate surface area is 132 Å². The van der Waals surface area contributed by atoms with Crippen molar-refractivity contribution >= 4 is 31.3 Å². The highest BCUT2D eigenvalue weighted by molar-refractivity contribution is 7.71. The highest BCUT2D eigenvalue weighted by Crippen LogP contribution is 2.19. The van der Waals surface area contributed by atoms with Crippen molar-refractivity contribution in [3.8, 4) is 0 Å². The summed E-state index contributed by atoms with van der Waals surface area (Å²) in [6, 6.07) is 0. The summed E-state index contributed by atoms with van der Waals surface area (Å²) in [5.74, 6) is 0.262. The van der Waals surface area contributed by atoms with Crippen LogP contribution >= 0.6 is 0 Å². The molecule has 6 heteroatoms. The second kappa shape index (κ2) is 14.3. The molecule has 21 heavy (non-hydrogen) atoms. The molecule has 0 radical (unpaired) electrons. The maximum absolute atomic E-state index is 10.6. The maximum Gasteiger partial charge on any atom is 0.209 e. The molecule has 4 nitrogen and oxygen atoms in total. The van der Waals surface area contributed by atoms with E-state index in [0.717, 1.165) is 19.3 Å². The summed E-state index contributed by atoms with van der Waals surface area (Å²) >= 11 is 0. The van der Waals surface area contributed by atoms with Crippen LogP contribution in [0.15, 0.2) is 0 Å². The minimum Gasteiger partial charge on any atom is -0.185 e. The largest absolute Gasteiger partial charge is 0.209 e. The SMILES string of the molecule is CCCCCCCCCC(CC=S(=O)=O)CCC=S(=O)=O. The quantitative estimate of drug-likeness (QED) is 0.382. The molecule has 0 fully saturated rings. The Morgan fingerprint density at radius 3 is 1.90 bits per heavy atom. The zero-order chi connectivity index (χ0) is 15.9. The Hall–Kier alpha value is -0.620. The summed E-state index contributed by atoms with van der Waals surface area (Å²) in [6.45, 7) is 2.20. The molecule has 0 N–H and O–H groups in total. The van der Waals surface area contributed by atoms with Gasteiger partial charge in [0.1, 0.15) is 0 Å². The van der Waals surface area contributed by atoms with Crippen molar-refractivity contribution in [1.82, 2.24) is 0 Å². The van der Waals surface area contributed by atoms with E-state index in [-0.39, 0.29) is 5.92 Å². The Kier molecular flexibility index (Phi) is 13.9. The van der Waals surface area contributed by atoms with Crippen LogP contribution in [-0.2, 0) is 20.6 Å². The van der Waals surface area contributed by atoms with Crippen LogP contribution in [0.1, 0.15) is 77.6 Å². The summed E-state index contributed by atoms with van der Waals surface area (Å²) < 4.78 is 42.1. The first-order chi connectivity index (χ1) is 10.1. The molecule has 0 saturated carbocycles. The molecule has 0 spiro atoms. The number of hydrogen-bond donors (Lipinski definition) is 0. The molecular formula is C15H28O4S2. The number of unbranched alkanes of at least 4 members (excludes halogenated alkanes) is 6. The minimum atomic E-state index is -2.12. The van der Waals surface area contributed by atoms with Crippen molar-refractivity contribution in [3.05, 3.63) is 0 Å². The van der Waals surface area contributed by atoms with E-state index < -0.39 is 20.6 Å². The summed E-state index contributed by atoms with van der Waals surface area (Å²) in [6.07, 6.45) is 11.4. The van der Waals surface area contributed by atoms with Crippen molar-refractivity contribution in [1.29, 1.82) is 0 Å². The molecule has 0 amide bonds. The van der Waals surface area contributed by atoms with E-state index in [1.165, 1.54) is 49.3 Å². The molecule has 0 bridgehead atoms. The van der Waals surface area contributed by atoms with Crippen LogP contribution in [0.2, 0.25) is 0 Å². The third-order valence-corrected chi connectivity index (χ3v) is 4.58. The monoisotopic (exact) mass is 336 g/mol. The third kappa shape index (κ3) is 15.6. The molecule has 0 aromatic carbocycles. The molecule has 0 heterocycles. The fraction of sp³-hybridized carbons (Fsp3) is 0.867. The Bertz CT molecular complexity index is 488. The Morgan fingerprint density at radius 2 is 1.33 bits per heavy atom. The van der Waals surface area contributed by atoms with Crippen molar-refractivity contribution < 1.29 is 16.8 Å². The van der Waals surface area contributed by atoms with E-state index in [0.29, 0.717) is 12.8 Å². The van der Waals surface area contributed by atoms with Crippen molar-refractivity contribution in [2.24, 2.45) is 5.92 Å². The fourth-order valence-corrected chi connectivity index (χ4v) is 3.14. The first kappa shape index (κ1) is 20.4.